The zero-order chi connectivity index (χ0) is 15.2. The lowest BCUT2D eigenvalue weighted by Gasteiger charge is -2.17. The van der Waals surface area contributed by atoms with Gasteiger partial charge in [-0.2, -0.15) is 5.10 Å². The lowest BCUT2D eigenvalue weighted by Crippen LogP contribution is -2.29. The molecule has 0 fully saturated rings. The van der Waals surface area contributed by atoms with Crippen LogP contribution in [-0.4, -0.2) is 23.2 Å². The lowest BCUT2D eigenvalue weighted by atomic mass is 10.0. The van der Waals surface area contributed by atoms with Gasteiger partial charge >= 0.3 is 0 Å². The van der Waals surface area contributed by atoms with Crippen molar-refractivity contribution in [2.75, 3.05) is 7.11 Å². The van der Waals surface area contributed by atoms with Gasteiger partial charge in [0, 0.05) is 6.07 Å². The van der Waals surface area contributed by atoms with Crippen molar-refractivity contribution in [3.8, 4) is 5.75 Å². The first-order valence-electron chi connectivity index (χ1n) is 6.64. The summed E-state index contributed by atoms with van der Waals surface area (Å²) in [5, 5.41) is 8.85. The van der Waals surface area contributed by atoms with Crippen molar-refractivity contribution in [3.63, 3.8) is 0 Å². The Hall–Kier alpha value is -2.63. The Morgan fingerprint density at radius 1 is 1.29 bits per heavy atom. The minimum absolute atomic E-state index is 0.128. The maximum absolute atomic E-state index is 12.1. The number of carbonyl (C=O) groups excluding carboxylic acids is 1. The summed E-state index contributed by atoms with van der Waals surface area (Å²) in [7, 11) is 1.61. The van der Waals surface area contributed by atoms with Crippen LogP contribution in [0, 0.1) is 0 Å². The molecule has 0 aliphatic rings. The first-order valence-corrected chi connectivity index (χ1v) is 6.64. The fourth-order valence-corrected chi connectivity index (χ4v) is 1.96. The summed E-state index contributed by atoms with van der Waals surface area (Å²) in [5.74, 6) is 0.441. The average molecular weight is 287 g/mol. The molecule has 0 unspecified atom stereocenters. The summed E-state index contributed by atoms with van der Waals surface area (Å²) in [6.07, 6.45) is 0.738. The molecular weight excluding hydrogens is 270 g/mol. The topological polar surface area (TPSA) is 84.1 Å². The van der Waals surface area contributed by atoms with Crippen molar-refractivity contribution in [2.24, 2.45) is 0 Å². The highest BCUT2D eigenvalue weighted by atomic mass is 16.5. The van der Waals surface area contributed by atoms with Crippen LogP contribution in [0.2, 0.25) is 0 Å². The molecule has 0 radical (unpaired) electrons. The average Bonchev–Trinajstić information content (AvgIpc) is 2.53. The van der Waals surface area contributed by atoms with E-state index in [0.717, 1.165) is 17.7 Å². The lowest BCUT2D eigenvalue weighted by molar-refractivity contribution is 0.0929. The molecule has 0 spiro atoms. The summed E-state index contributed by atoms with van der Waals surface area (Å²) >= 11 is 0. The zero-order valence-corrected chi connectivity index (χ0v) is 11.9. The highest BCUT2D eigenvalue weighted by Crippen LogP contribution is 2.20. The van der Waals surface area contributed by atoms with Crippen molar-refractivity contribution in [3.05, 3.63) is 58.0 Å². The summed E-state index contributed by atoms with van der Waals surface area (Å²) in [4.78, 5) is 23.0. The van der Waals surface area contributed by atoms with Crippen molar-refractivity contribution >= 4 is 5.91 Å². The Labute approximate surface area is 122 Å². The Morgan fingerprint density at radius 3 is 2.52 bits per heavy atom. The van der Waals surface area contributed by atoms with Gasteiger partial charge < -0.3 is 10.1 Å². The first-order chi connectivity index (χ1) is 10.1. The Bertz CT molecular complexity index is 644. The van der Waals surface area contributed by atoms with Gasteiger partial charge in [0.1, 0.15) is 11.4 Å². The van der Waals surface area contributed by atoms with Gasteiger partial charge in [-0.05, 0) is 30.2 Å². The van der Waals surface area contributed by atoms with Gasteiger partial charge in [-0.25, -0.2) is 5.10 Å². The van der Waals surface area contributed by atoms with E-state index in [1.54, 1.807) is 7.11 Å². The van der Waals surface area contributed by atoms with Crippen molar-refractivity contribution < 1.29 is 9.53 Å². The monoisotopic (exact) mass is 287 g/mol. The van der Waals surface area contributed by atoms with Gasteiger partial charge in [-0.1, -0.05) is 19.1 Å². The number of amides is 1. The number of benzene rings is 1. The number of rotatable bonds is 5. The second-order valence-electron chi connectivity index (χ2n) is 4.51. The number of aromatic nitrogens is 2. The number of nitrogens with zero attached hydrogens (tertiary/aromatic N) is 1. The molecule has 1 aromatic heterocycles. The van der Waals surface area contributed by atoms with Crippen molar-refractivity contribution in [1.29, 1.82) is 0 Å². The molecule has 110 valence electrons. The molecule has 2 aromatic rings. The summed E-state index contributed by atoms with van der Waals surface area (Å²) in [6, 6.07) is 10.1. The quantitative estimate of drug-likeness (QED) is 0.876. The third kappa shape index (κ3) is 3.68. The number of nitrogens with one attached hydrogen (secondary N) is 2. The second kappa shape index (κ2) is 6.69. The molecule has 0 aliphatic heterocycles. The number of hydrogen-bond donors (Lipinski definition) is 2. The number of ether oxygens (including phenoxy) is 1. The van der Waals surface area contributed by atoms with Crippen molar-refractivity contribution in [1.82, 2.24) is 15.5 Å². The van der Waals surface area contributed by atoms with Crippen LogP contribution in [-0.2, 0) is 0 Å². The number of hydrogen-bond acceptors (Lipinski definition) is 4. The van der Waals surface area contributed by atoms with Gasteiger partial charge in [0.05, 0.1) is 13.2 Å². The maximum Gasteiger partial charge on any atom is 0.272 e. The van der Waals surface area contributed by atoms with E-state index >= 15 is 0 Å². The van der Waals surface area contributed by atoms with Gasteiger partial charge in [0.15, 0.2) is 0 Å². The molecular formula is C15H17N3O3. The molecule has 1 atom stereocenters. The van der Waals surface area contributed by atoms with E-state index in [0.29, 0.717) is 0 Å². The minimum atomic E-state index is -0.339. The summed E-state index contributed by atoms with van der Waals surface area (Å²) in [5.41, 5.74) is 0.825. The van der Waals surface area contributed by atoms with Crippen LogP contribution in [0.4, 0.5) is 0 Å². The zero-order valence-electron chi connectivity index (χ0n) is 11.9. The predicted molar refractivity (Wildman–Crippen MR) is 78.3 cm³/mol. The highest BCUT2D eigenvalue weighted by Gasteiger charge is 2.15. The predicted octanol–water partition coefficient (Wildman–Crippen LogP) is 1.66. The van der Waals surface area contributed by atoms with E-state index in [4.69, 9.17) is 4.74 Å². The number of methoxy groups -OCH3 is 1. The molecule has 6 heteroatoms. The third-order valence-corrected chi connectivity index (χ3v) is 3.14. The third-order valence-electron chi connectivity index (χ3n) is 3.14. The molecule has 1 heterocycles. The Kier molecular flexibility index (Phi) is 4.71. The van der Waals surface area contributed by atoms with Crippen LogP contribution in [0.15, 0.2) is 41.2 Å². The maximum atomic E-state index is 12.1. The SMILES string of the molecule is CC[C@H](NC(=O)c1ccc(=O)[nH]n1)c1ccc(OC)cc1. The molecule has 21 heavy (non-hydrogen) atoms. The van der Waals surface area contributed by atoms with Crippen LogP contribution < -0.4 is 15.6 Å². The molecule has 1 amide bonds. The standard InChI is InChI=1S/C15H17N3O3/c1-3-12(10-4-6-11(21-2)7-5-10)16-15(20)13-8-9-14(19)18-17-13/h4-9,12H,3H2,1-2H3,(H,16,20)(H,18,19)/t12-/m0/s1. The van der Waals surface area contributed by atoms with E-state index in [1.165, 1.54) is 12.1 Å². The normalized spacial score (nSPS) is 11.7. The van der Waals surface area contributed by atoms with E-state index in [9.17, 15) is 9.59 Å². The first kappa shape index (κ1) is 14.8. The summed E-state index contributed by atoms with van der Waals surface area (Å²) in [6.45, 7) is 1.98. The van der Waals surface area contributed by atoms with E-state index in [2.05, 4.69) is 15.5 Å². The second-order valence-corrected chi connectivity index (χ2v) is 4.51. The number of aromatic amines is 1. The minimum Gasteiger partial charge on any atom is -0.497 e. The van der Waals surface area contributed by atoms with Crippen LogP contribution in [0.25, 0.3) is 0 Å². The molecule has 6 nitrogen and oxygen atoms in total. The van der Waals surface area contributed by atoms with E-state index < -0.39 is 0 Å². The molecule has 0 aliphatic carbocycles. The molecule has 1 aromatic carbocycles. The van der Waals surface area contributed by atoms with Crippen LogP contribution >= 0.6 is 0 Å². The Balaban J connectivity index is 2.12. The van der Waals surface area contributed by atoms with Gasteiger partial charge in [-0.3, -0.25) is 9.59 Å². The fourth-order valence-electron chi connectivity index (χ4n) is 1.96. The number of H-pyrrole nitrogens is 1. The highest BCUT2D eigenvalue weighted by molar-refractivity contribution is 5.92. The molecule has 0 bridgehead atoms. The van der Waals surface area contributed by atoms with Gasteiger partial charge in [0.2, 0.25) is 0 Å². The van der Waals surface area contributed by atoms with E-state index in [1.807, 2.05) is 31.2 Å². The Morgan fingerprint density at radius 2 is 2.00 bits per heavy atom. The van der Waals surface area contributed by atoms with E-state index in [-0.39, 0.29) is 23.2 Å². The van der Waals surface area contributed by atoms with Gasteiger partial charge in [0.25, 0.3) is 11.5 Å². The summed E-state index contributed by atoms with van der Waals surface area (Å²) < 4.78 is 5.11. The van der Waals surface area contributed by atoms with Gasteiger partial charge in [-0.15, -0.1) is 0 Å². The molecule has 0 saturated heterocycles. The van der Waals surface area contributed by atoms with Crippen LogP contribution in [0.1, 0.15) is 35.4 Å². The molecule has 2 N–H and O–H groups in total. The molecule has 0 saturated carbocycles. The number of carbonyl (C=O) groups is 1. The van der Waals surface area contributed by atoms with Crippen molar-refractivity contribution in [2.45, 2.75) is 19.4 Å². The fraction of sp³-hybridized carbons (Fsp3) is 0.267. The largest absolute Gasteiger partial charge is 0.497 e. The molecule has 2 rings (SSSR count). The van der Waals surface area contributed by atoms with Crippen LogP contribution in [0.3, 0.4) is 0 Å². The smallest absolute Gasteiger partial charge is 0.272 e. The van der Waals surface area contributed by atoms with Crippen LogP contribution in [0.5, 0.6) is 5.75 Å².